The smallest absolute Gasteiger partial charge is 0.309 e. The fraction of sp³-hybridized carbons (Fsp3) is 0.500. The molecule has 126 valence electrons. The Labute approximate surface area is 133 Å². The summed E-state index contributed by atoms with van der Waals surface area (Å²) in [5.41, 5.74) is -0.311. The summed E-state index contributed by atoms with van der Waals surface area (Å²) < 4.78 is 32.4. The lowest BCUT2D eigenvalue weighted by Gasteiger charge is -2.25. The number of nitrogens with zero attached hydrogens (tertiary/aromatic N) is 2. The van der Waals surface area contributed by atoms with Crippen LogP contribution in [0.4, 0.5) is 14.5 Å². The predicted octanol–water partition coefficient (Wildman–Crippen LogP) is 1.81. The molecule has 0 saturated carbocycles. The number of halogens is 2. The van der Waals surface area contributed by atoms with Crippen LogP contribution in [0.2, 0.25) is 0 Å². The molecule has 0 aromatic heterocycles. The molecule has 0 unspecified atom stereocenters. The molecule has 1 amide bonds. The fourth-order valence-corrected chi connectivity index (χ4v) is 2.88. The molecule has 0 radical (unpaired) electrons. The average Bonchev–Trinajstić information content (AvgIpc) is 2.88. The lowest BCUT2D eigenvalue weighted by atomic mass is 10.1. The quantitative estimate of drug-likeness (QED) is 0.775. The molecule has 2 rings (SSSR count). The summed E-state index contributed by atoms with van der Waals surface area (Å²) in [5.74, 6) is -2.64. The highest BCUT2D eigenvalue weighted by Gasteiger charge is 2.38. The Morgan fingerprint density at radius 1 is 1.43 bits per heavy atom. The van der Waals surface area contributed by atoms with Gasteiger partial charge in [0.2, 0.25) is 5.91 Å². The number of rotatable bonds is 5. The van der Waals surface area contributed by atoms with Gasteiger partial charge in [0.15, 0.2) is 0 Å². The minimum Gasteiger partial charge on any atom is -0.469 e. The van der Waals surface area contributed by atoms with E-state index in [0.29, 0.717) is 13.0 Å². The predicted molar refractivity (Wildman–Crippen MR) is 80.9 cm³/mol. The van der Waals surface area contributed by atoms with E-state index in [4.69, 9.17) is 0 Å². The van der Waals surface area contributed by atoms with Crippen LogP contribution in [0.25, 0.3) is 0 Å². The Balaban J connectivity index is 2.11. The monoisotopic (exact) mass is 326 g/mol. The van der Waals surface area contributed by atoms with Gasteiger partial charge in [0.1, 0.15) is 17.3 Å². The molecule has 1 aromatic rings. The van der Waals surface area contributed by atoms with E-state index in [1.54, 1.807) is 18.9 Å². The maximum Gasteiger partial charge on any atom is 0.309 e. The van der Waals surface area contributed by atoms with E-state index in [-0.39, 0.29) is 24.1 Å². The minimum atomic E-state index is -0.760. The van der Waals surface area contributed by atoms with Crippen molar-refractivity contribution in [3.63, 3.8) is 0 Å². The van der Waals surface area contributed by atoms with E-state index >= 15 is 0 Å². The van der Waals surface area contributed by atoms with E-state index < -0.39 is 23.6 Å². The lowest BCUT2D eigenvalue weighted by molar-refractivity contribution is -0.145. The first-order chi connectivity index (χ1) is 10.9. The number of benzene rings is 1. The van der Waals surface area contributed by atoms with Crippen molar-refractivity contribution >= 4 is 17.6 Å². The van der Waals surface area contributed by atoms with E-state index in [1.165, 1.54) is 13.2 Å². The molecule has 5 nitrogen and oxygen atoms in total. The molecule has 23 heavy (non-hydrogen) atoms. The van der Waals surface area contributed by atoms with Crippen molar-refractivity contribution in [2.75, 3.05) is 32.1 Å². The highest BCUT2D eigenvalue weighted by atomic mass is 19.1. The molecule has 0 bridgehead atoms. The van der Waals surface area contributed by atoms with Gasteiger partial charge in [-0.05, 0) is 25.6 Å². The van der Waals surface area contributed by atoms with Gasteiger partial charge in [0.05, 0.1) is 19.1 Å². The molecular weight excluding hydrogens is 306 g/mol. The van der Waals surface area contributed by atoms with Crippen LogP contribution in [0.5, 0.6) is 0 Å². The van der Waals surface area contributed by atoms with Crippen LogP contribution in [0.1, 0.15) is 13.3 Å². The van der Waals surface area contributed by atoms with Gasteiger partial charge in [-0.3, -0.25) is 14.5 Å². The maximum atomic E-state index is 13.9. The molecule has 1 aliphatic heterocycles. The molecule has 1 aromatic carbocycles. The zero-order valence-electron chi connectivity index (χ0n) is 13.4. The molecule has 1 saturated heterocycles. The van der Waals surface area contributed by atoms with Gasteiger partial charge in [0.25, 0.3) is 0 Å². The Bertz CT molecular complexity index is 589. The standard InChI is InChI=1S/C16H20F2N2O3/c1-10(16(22)23-3)9-19(2)13-7-8-20(15(13)21)14-11(17)5-4-6-12(14)18/h4-6,10,13H,7-9H2,1-3H3/t10-,13+/m0/s1. The van der Waals surface area contributed by atoms with E-state index in [1.807, 2.05) is 0 Å². The van der Waals surface area contributed by atoms with Crippen LogP contribution in [0.3, 0.4) is 0 Å². The minimum absolute atomic E-state index is 0.234. The van der Waals surface area contributed by atoms with Gasteiger partial charge in [-0.2, -0.15) is 0 Å². The third-order valence-electron chi connectivity index (χ3n) is 4.08. The number of likely N-dealkylation sites (N-methyl/N-ethyl adjacent to an activating group) is 1. The topological polar surface area (TPSA) is 49.9 Å². The molecule has 0 aliphatic carbocycles. The fourth-order valence-electron chi connectivity index (χ4n) is 2.88. The second-order valence-corrected chi connectivity index (χ2v) is 5.73. The number of carbonyl (C=O) groups excluding carboxylic acids is 2. The van der Waals surface area contributed by atoms with Crippen molar-refractivity contribution in [1.29, 1.82) is 0 Å². The largest absolute Gasteiger partial charge is 0.469 e. The zero-order valence-corrected chi connectivity index (χ0v) is 13.4. The summed E-state index contributed by atoms with van der Waals surface area (Å²) in [5, 5.41) is 0. The van der Waals surface area contributed by atoms with E-state index in [0.717, 1.165) is 17.0 Å². The van der Waals surface area contributed by atoms with Crippen molar-refractivity contribution in [3.8, 4) is 0 Å². The van der Waals surface area contributed by atoms with Crippen molar-refractivity contribution in [1.82, 2.24) is 4.90 Å². The zero-order chi connectivity index (χ0) is 17.1. The Morgan fingerprint density at radius 3 is 2.61 bits per heavy atom. The van der Waals surface area contributed by atoms with Gasteiger partial charge >= 0.3 is 5.97 Å². The van der Waals surface area contributed by atoms with Gasteiger partial charge in [-0.15, -0.1) is 0 Å². The first-order valence-electron chi connectivity index (χ1n) is 7.40. The molecular formula is C16H20F2N2O3. The number of amides is 1. The molecule has 1 aliphatic rings. The van der Waals surface area contributed by atoms with Crippen molar-refractivity contribution in [3.05, 3.63) is 29.8 Å². The first-order valence-corrected chi connectivity index (χ1v) is 7.40. The van der Waals surface area contributed by atoms with Crippen LogP contribution in [0.15, 0.2) is 18.2 Å². The first kappa shape index (κ1) is 17.3. The molecule has 0 N–H and O–H groups in total. The van der Waals surface area contributed by atoms with E-state index in [9.17, 15) is 18.4 Å². The Morgan fingerprint density at radius 2 is 2.04 bits per heavy atom. The van der Waals surface area contributed by atoms with Gasteiger partial charge in [0, 0.05) is 13.1 Å². The summed E-state index contributed by atoms with van der Waals surface area (Å²) in [7, 11) is 3.02. The summed E-state index contributed by atoms with van der Waals surface area (Å²) in [6.07, 6.45) is 0.441. The molecule has 1 heterocycles. The number of hydrogen-bond acceptors (Lipinski definition) is 4. The van der Waals surface area contributed by atoms with Gasteiger partial charge in [-0.25, -0.2) is 8.78 Å². The average molecular weight is 326 g/mol. The van der Waals surface area contributed by atoms with Crippen LogP contribution >= 0.6 is 0 Å². The number of esters is 1. The SMILES string of the molecule is COC(=O)[C@@H](C)CN(C)[C@@H]1CCN(c2c(F)cccc2F)C1=O. The number of anilines is 1. The molecule has 2 atom stereocenters. The van der Waals surface area contributed by atoms with Gasteiger partial charge < -0.3 is 9.64 Å². The number of ether oxygens (including phenoxy) is 1. The number of hydrogen-bond donors (Lipinski definition) is 0. The summed E-state index contributed by atoms with van der Waals surface area (Å²) in [6, 6.07) is 3.00. The maximum absolute atomic E-state index is 13.9. The number of para-hydroxylation sites is 1. The third kappa shape index (κ3) is 3.50. The van der Waals surface area contributed by atoms with Gasteiger partial charge in [-0.1, -0.05) is 13.0 Å². The Hall–Kier alpha value is -2.02. The normalized spacial score (nSPS) is 19.3. The second-order valence-electron chi connectivity index (χ2n) is 5.73. The van der Waals surface area contributed by atoms with Crippen LogP contribution in [0, 0.1) is 17.6 Å². The summed E-state index contributed by atoms with van der Waals surface area (Å²) >= 11 is 0. The van der Waals surface area contributed by atoms with E-state index in [2.05, 4.69) is 4.74 Å². The van der Waals surface area contributed by atoms with Crippen LogP contribution in [-0.2, 0) is 14.3 Å². The second kappa shape index (κ2) is 7.04. The van der Waals surface area contributed by atoms with Crippen LogP contribution in [-0.4, -0.2) is 50.1 Å². The highest BCUT2D eigenvalue weighted by Crippen LogP contribution is 2.29. The summed E-state index contributed by atoms with van der Waals surface area (Å²) in [6.45, 7) is 2.27. The van der Waals surface area contributed by atoms with Crippen molar-refractivity contribution in [2.24, 2.45) is 5.92 Å². The Kier molecular flexibility index (Phi) is 5.30. The lowest BCUT2D eigenvalue weighted by Crippen LogP contribution is -2.43. The van der Waals surface area contributed by atoms with Crippen molar-refractivity contribution in [2.45, 2.75) is 19.4 Å². The molecule has 1 fully saturated rings. The molecule has 7 heteroatoms. The van der Waals surface area contributed by atoms with Crippen molar-refractivity contribution < 1.29 is 23.1 Å². The highest BCUT2D eigenvalue weighted by molar-refractivity contribution is 5.99. The van der Waals surface area contributed by atoms with Crippen LogP contribution < -0.4 is 4.90 Å². The molecule has 0 spiro atoms. The summed E-state index contributed by atoms with van der Waals surface area (Å²) in [4.78, 5) is 26.8. The number of methoxy groups -OCH3 is 1. The number of carbonyl (C=O) groups is 2. The third-order valence-corrected chi connectivity index (χ3v) is 4.08.